The van der Waals surface area contributed by atoms with Gasteiger partial charge in [0.15, 0.2) is 0 Å². The molecule has 0 unspecified atom stereocenters. The predicted octanol–water partition coefficient (Wildman–Crippen LogP) is 7.06. The summed E-state index contributed by atoms with van der Waals surface area (Å²) in [5.74, 6) is 0.400. The lowest BCUT2D eigenvalue weighted by Crippen LogP contribution is -2.40. The first-order valence-electron chi connectivity index (χ1n) is 16.0. The number of hydrogen-bond donors (Lipinski definition) is 0. The van der Waals surface area contributed by atoms with Gasteiger partial charge in [-0.2, -0.15) is 0 Å². The number of piperidine rings is 1. The molecule has 6 rings (SSSR count). The van der Waals surface area contributed by atoms with Crippen LogP contribution in [0.25, 0.3) is 21.9 Å². The van der Waals surface area contributed by atoms with Gasteiger partial charge in [-0.25, -0.2) is 14.6 Å². The molecule has 0 atom stereocenters. The third-order valence-corrected chi connectivity index (χ3v) is 8.75. The highest BCUT2D eigenvalue weighted by molar-refractivity contribution is 5.97. The monoisotopic (exact) mass is 619 g/mol. The zero-order chi connectivity index (χ0) is 31.7. The Morgan fingerprint density at radius 3 is 2.57 bits per heavy atom. The van der Waals surface area contributed by atoms with Crippen molar-refractivity contribution in [3.05, 3.63) is 115 Å². The zero-order valence-corrected chi connectivity index (χ0v) is 26.3. The smallest absolute Gasteiger partial charge is 0.410 e. The van der Waals surface area contributed by atoms with Crippen molar-refractivity contribution in [2.75, 3.05) is 33.4 Å². The highest BCUT2D eigenvalue weighted by Gasteiger charge is 2.25. The normalized spacial score (nSPS) is 13.6. The molecule has 5 aromatic rings. The molecule has 3 heterocycles. The van der Waals surface area contributed by atoms with Crippen LogP contribution < -0.4 is 0 Å². The van der Waals surface area contributed by atoms with Gasteiger partial charge in [-0.15, -0.1) is 0 Å². The van der Waals surface area contributed by atoms with Gasteiger partial charge in [0.25, 0.3) is 0 Å². The van der Waals surface area contributed by atoms with E-state index in [1.165, 1.54) is 5.39 Å². The number of benzene rings is 3. The molecule has 2 amide bonds. The predicted molar refractivity (Wildman–Crippen MR) is 178 cm³/mol. The number of likely N-dealkylation sites (tertiary alicyclic amines) is 1. The van der Waals surface area contributed by atoms with Gasteiger partial charge in [0.05, 0.1) is 18.6 Å². The van der Waals surface area contributed by atoms with E-state index in [-0.39, 0.29) is 18.7 Å². The molecule has 1 aliphatic rings. The summed E-state index contributed by atoms with van der Waals surface area (Å²) in [6.45, 7) is 3.97. The van der Waals surface area contributed by atoms with Crippen molar-refractivity contribution >= 4 is 22.9 Å². The summed E-state index contributed by atoms with van der Waals surface area (Å²) in [5.41, 5.74) is 4.07. The zero-order valence-electron chi connectivity index (χ0n) is 26.3. The summed E-state index contributed by atoms with van der Waals surface area (Å²) in [4.78, 5) is 34.6. The fraction of sp³-hybridized carbons (Fsp3) is 0.324. The largest absolute Gasteiger partial charge is 0.445 e. The van der Waals surface area contributed by atoms with Crippen molar-refractivity contribution in [3.63, 3.8) is 0 Å². The number of aromatic nitrogens is 3. The van der Waals surface area contributed by atoms with Gasteiger partial charge in [0.2, 0.25) is 0 Å². The number of fused-ring (bicyclic) bond motifs is 1. The van der Waals surface area contributed by atoms with E-state index in [0.717, 1.165) is 53.6 Å². The van der Waals surface area contributed by atoms with Crippen molar-refractivity contribution in [1.29, 1.82) is 0 Å². The maximum atomic E-state index is 13.9. The number of imidazole rings is 1. The molecule has 0 N–H and O–H groups in total. The van der Waals surface area contributed by atoms with E-state index < -0.39 is 0 Å². The molecule has 0 saturated carbocycles. The van der Waals surface area contributed by atoms with Crippen molar-refractivity contribution < 1.29 is 19.1 Å². The Morgan fingerprint density at radius 2 is 1.74 bits per heavy atom. The SMILES string of the molecule is COCCCN(Cc1cncn1CC1CCN(C(=O)OCc2ccccc2)CC1)C(=O)n1ccc(-c2cccc3ccccc23)c1. The van der Waals surface area contributed by atoms with E-state index in [2.05, 4.69) is 39.9 Å². The van der Waals surface area contributed by atoms with Crippen molar-refractivity contribution in [2.24, 2.45) is 5.92 Å². The minimum Gasteiger partial charge on any atom is -0.445 e. The third-order valence-electron chi connectivity index (χ3n) is 8.75. The average molecular weight is 620 g/mol. The average Bonchev–Trinajstić information content (AvgIpc) is 3.77. The topological polar surface area (TPSA) is 81.8 Å². The molecule has 0 spiro atoms. The van der Waals surface area contributed by atoms with E-state index in [1.807, 2.05) is 78.3 Å². The van der Waals surface area contributed by atoms with Crippen LogP contribution in [0, 0.1) is 5.92 Å². The number of amides is 2. The van der Waals surface area contributed by atoms with Crippen LogP contribution >= 0.6 is 0 Å². The van der Waals surface area contributed by atoms with Gasteiger partial charge in [0.1, 0.15) is 6.61 Å². The first-order valence-corrected chi connectivity index (χ1v) is 16.0. The molecule has 0 aliphatic carbocycles. The van der Waals surface area contributed by atoms with E-state index in [4.69, 9.17) is 9.47 Å². The lowest BCUT2D eigenvalue weighted by Gasteiger charge is -2.32. The Morgan fingerprint density at radius 1 is 0.957 bits per heavy atom. The van der Waals surface area contributed by atoms with Crippen LogP contribution in [0.1, 0.15) is 30.5 Å². The molecule has 238 valence electrons. The summed E-state index contributed by atoms with van der Waals surface area (Å²) in [5, 5.41) is 2.33. The minimum absolute atomic E-state index is 0.0855. The van der Waals surface area contributed by atoms with Crippen molar-refractivity contribution in [2.45, 2.75) is 39.0 Å². The van der Waals surface area contributed by atoms with Crippen LogP contribution in [0.15, 0.2) is 104 Å². The van der Waals surface area contributed by atoms with Gasteiger partial charge in [0, 0.05) is 64.0 Å². The first-order chi connectivity index (χ1) is 22.6. The van der Waals surface area contributed by atoms with Crippen LogP contribution in [-0.4, -0.2) is 69.4 Å². The number of methoxy groups -OCH3 is 1. The number of hydrogen-bond acceptors (Lipinski definition) is 5. The minimum atomic E-state index is -0.260. The fourth-order valence-corrected chi connectivity index (χ4v) is 6.18. The van der Waals surface area contributed by atoms with Crippen LogP contribution in [0.3, 0.4) is 0 Å². The standard InChI is InChI=1S/C37H41N5O4/c1-45-22-8-18-40(36(43)41-21-17-32(25-41)35-14-7-12-31-11-5-6-13-34(31)35)26-33-23-38-28-42(33)24-29-15-19-39(20-16-29)37(44)46-27-30-9-3-2-4-10-30/h2-7,9-14,17,21,23,25,28-29H,8,15-16,18-20,22,24,26-27H2,1H3. The molecule has 1 aliphatic heterocycles. The molecular weight excluding hydrogens is 578 g/mol. The molecular formula is C37H41N5O4. The summed E-state index contributed by atoms with van der Waals surface area (Å²) in [6.07, 6.45) is 9.70. The van der Waals surface area contributed by atoms with Crippen LogP contribution in [0.4, 0.5) is 9.59 Å². The van der Waals surface area contributed by atoms with Crippen LogP contribution in [0.5, 0.6) is 0 Å². The summed E-state index contributed by atoms with van der Waals surface area (Å²) >= 11 is 0. The fourth-order valence-electron chi connectivity index (χ4n) is 6.18. The summed E-state index contributed by atoms with van der Waals surface area (Å²) in [7, 11) is 1.68. The quantitative estimate of drug-likeness (QED) is 0.148. The lowest BCUT2D eigenvalue weighted by atomic mass is 9.97. The van der Waals surface area contributed by atoms with Crippen molar-refractivity contribution in [3.8, 4) is 11.1 Å². The molecule has 1 fully saturated rings. The molecule has 9 heteroatoms. The number of ether oxygens (including phenoxy) is 2. The molecule has 46 heavy (non-hydrogen) atoms. The maximum absolute atomic E-state index is 13.9. The molecule has 0 radical (unpaired) electrons. The Hall–Kier alpha value is -4.89. The van der Waals surface area contributed by atoms with Gasteiger partial charge in [-0.1, -0.05) is 72.8 Å². The van der Waals surface area contributed by atoms with E-state index in [0.29, 0.717) is 38.7 Å². The second-order valence-electron chi connectivity index (χ2n) is 11.9. The van der Waals surface area contributed by atoms with Crippen molar-refractivity contribution in [1.82, 2.24) is 23.9 Å². The molecule has 9 nitrogen and oxygen atoms in total. The van der Waals surface area contributed by atoms with Crippen LogP contribution in [-0.2, 0) is 29.2 Å². The summed E-state index contributed by atoms with van der Waals surface area (Å²) < 4.78 is 14.7. The second kappa shape index (κ2) is 14.9. The Bertz CT molecular complexity index is 1730. The Balaban J connectivity index is 1.08. The first kappa shape index (κ1) is 31.1. The number of carbonyl (C=O) groups excluding carboxylic acids is 2. The third kappa shape index (κ3) is 7.49. The van der Waals surface area contributed by atoms with E-state index in [9.17, 15) is 9.59 Å². The molecule has 3 aromatic carbocycles. The number of carbonyl (C=O) groups is 2. The van der Waals surface area contributed by atoms with Gasteiger partial charge < -0.3 is 23.8 Å². The van der Waals surface area contributed by atoms with Crippen LogP contribution in [0.2, 0.25) is 0 Å². The number of nitrogens with zero attached hydrogens (tertiary/aromatic N) is 5. The molecule has 1 saturated heterocycles. The van der Waals surface area contributed by atoms with E-state index in [1.54, 1.807) is 16.6 Å². The van der Waals surface area contributed by atoms with Gasteiger partial charge in [-0.05, 0) is 53.1 Å². The van der Waals surface area contributed by atoms with Gasteiger partial charge in [-0.3, -0.25) is 4.57 Å². The number of rotatable bonds is 11. The Labute approximate surface area is 270 Å². The molecule has 0 bridgehead atoms. The second-order valence-corrected chi connectivity index (χ2v) is 11.9. The summed E-state index contributed by atoms with van der Waals surface area (Å²) in [6, 6.07) is 26.2. The lowest BCUT2D eigenvalue weighted by molar-refractivity contribution is 0.0806. The van der Waals surface area contributed by atoms with E-state index >= 15 is 0 Å². The highest BCUT2D eigenvalue weighted by Crippen LogP contribution is 2.29. The highest BCUT2D eigenvalue weighted by atomic mass is 16.6. The molecule has 2 aromatic heterocycles. The maximum Gasteiger partial charge on any atom is 0.410 e. The van der Waals surface area contributed by atoms with Gasteiger partial charge >= 0.3 is 12.1 Å². The Kier molecular flexibility index (Phi) is 10.1.